The minimum atomic E-state index is 0.0419. The smallest absolute Gasteiger partial charge is 0.0666 e. The van der Waals surface area contributed by atoms with Crippen molar-refractivity contribution in [2.24, 2.45) is 11.8 Å². The molecule has 0 amide bonds. The van der Waals surface area contributed by atoms with E-state index in [9.17, 15) is 0 Å². The number of hydrogen-bond acceptors (Lipinski definition) is 1. The van der Waals surface area contributed by atoms with Crippen LogP contribution in [0.4, 0.5) is 0 Å². The normalized spacial score (nSPS) is 36.4. The van der Waals surface area contributed by atoms with E-state index in [-0.39, 0.29) is 11.2 Å². The van der Waals surface area contributed by atoms with Crippen molar-refractivity contribution in [3.8, 4) is 0 Å². The molecule has 2 unspecified atom stereocenters. The van der Waals surface area contributed by atoms with Crippen molar-refractivity contribution in [1.82, 2.24) is 0 Å². The van der Waals surface area contributed by atoms with Crippen LogP contribution in [0.3, 0.4) is 0 Å². The van der Waals surface area contributed by atoms with E-state index in [1.165, 1.54) is 25.7 Å². The maximum absolute atomic E-state index is 6.45. The highest BCUT2D eigenvalue weighted by molar-refractivity contribution is 4.88. The van der Waals surface area contributed by atoms with Gasteiger partial charge in [-0.1, -0.05) is 27.2 Å². The first-order valence-electron chi connectivity index (χ1n) is 6.96. The van der Waals surface area contributed by atoms with Crippen molar-refractivity contribution in [2.45, 2.75) is 84.8 Å². The molecule has 1 aliphatic rings. The molecule has 0 aliphatic heterocycles. The third kappa shape index (κ3) is 4.08. The Balaban J connectivity index is 2.62. The molecule has 2 atom stereocenters. The summed E-state index contributed by atoms with van der Waals surface area (Å²) in [7, 11) is 0. The molecular weight excluding hydrogens is 196 g/mol. The standard InChI is InChI=1S/C15H30O/c1-7-8-14(4,5)16-15(6)10-12(2)9-13(3)11-15/h12-13H,7-11H2,1-6H3. The van der Waals surface area contributed by atoms with E-state index < -0.39 is 0 Å². The largest absolute Gasteiger partial charge is 0.369 e. The molecule has 1 heteroatoms. The number of rotatable bonds is 4. The number of hydrogen-bond donors (Lipinski definition) is 0. The van der Waals surface area contributed by atoms with Gasteiger partial charge in [-0.25, -0.2) is 0 Å². The van der Waals surface area contributed by atoms with Crippen molar-refractivity contribution in [1.29, 1.82) is 0 Å². The molecule has 0 aromatic carbocycles. The molecule has 1 rings (SSSR count). The molecular formula is C15H30O. The van der Waals surface area contributed by atoms with Crippen LogP contribution < -0.4 is 0 Å². The highest BCUT2D eigenvalue weighted by Crippen LogP contribution is 2.41. The fourth-order valence-corrected chi connectivity index (χ4v) is 3.81. The Kier molecular flexibility index (Phi) is 4.45. The van der Waals surface area contributed by atoms with Crippen LogP contribution in [0.1, 0.15) is 73.6 Å². The molecule has 1 fully saturated rings. The summed E-state index contributed by atoms with van der Waals surface area (Å²) in [5.74, 6) is 1.62. The van der Waals surface area contributed by atoms with Crippen LogP contribution in [0.5, 0.6) is 0 Å². The van der Waals surface area contributed by atoms with Gasteiger partial charge in [0.2, 0.25) is 0 Å². The highest BCUT2D eigenvalue weighted by Gasteiger charge is 2.38. The van der Waals surface area contributed by atoms with Gasteiger partial charge in [0.1, 0.15) is 0 Å². The van der Waals surface area contributed by atoms with Gasteiger partial charge in [0.25, 0.3) is 0 Å². The van der Waals surface area contributed by atoms with Crippen molar-refractivity contribution in [3.63, 3.8) is 0 Å². The second-order valence-corrected chi connectivity index (χ2v) is 6.92. The SMILES string of the molecule is CCCC(C)(C)OC1(C)CC(C)CC(C)C1. The Labute approximate surface area is 102 Å². The van der Waals surface area contributed by atoms with Gasteiger partial charge in [0.05, 0.1) is 11.2 Å². The van der Waals surface area contributed by atoms with Crippen LogP contribution in [-0.4, -0.2) is 11.2 Å². The Morgan fingerprint density at radius 3 is 2.12 bits per heavy atom. The lowest BCUT2D eigenvalue weighted by atomic mass is 9.74. The molecule has 96 valence electrons. The zero-order valence-corrected chi connectivity index (χ0v) is 12.1. The molecule has 1 aliphatic carbocycles. The molecule has 1 saturated carbocycles. The Morgan fingerprint density at radius 2 is 1.69 bits per heavy atom. The van der Waals surface area contributed by atoms with Gasteiger partial charge in [-0.2, -0.15) is 0 Å². The summed E-state index contributed by atoms with van der Waals surface area (Å²) in [5.41, 5.74) is 0.149. The Morgan fingerprint density at radius 1 is 1.19 bits per heavy atom. The van der Waals surface area contributed by atoms with E-state index in [1.807, 2.05) is 0 Å². The van der Waals surface area contributed by atoms with Crippen LogP contribution >= 0.6 is 0 Å². The van der Waals surface area contributed by atoms with Crippen molar-refractivity contribution < 1.29 is 4.74 Å². The predicted octanol–water partition coefficient (Wildman–Crippen LogP) is 4.80. The number of ether oxygens (including phenoxy) is 1. The maximum atomic E-state index is 6.45. The first-order chi connectivity index (χ1) is 7.26. The van der Waals surface area contributed by atoms with Gasteiger partial charge in [-0.3, -0.25) is 0 Å². The van der Waals surface area contributed by atoms with E-state index in [0.717, 1.165) is 18.3 Å². The van der Waals surface area contributed by atoms with E-state index >= 15 is 0 Å². The van der Waals surface area contributed by atoms with Crippen LogP contribution in [0.15, 0.2) is 0 Å². The molecule has 1 nitrogen and oxygen atoms in total. The van der Waals surface area contributed by atoms with Gasteiger partial charge < -0.3 is 4.74 Å². The predicted molar refractivity (Wildman–Crippen MR) is 70.7 cm³/mol. The molecule has 0 bridgehead atoms. The molecule has 0 spiro atoms. The average Bonchev–Trinajstić information content (AvgIpc) is 1.96. The monoisotopic (exact) mass is 226 g/mol. The van der Waals surface area contributed by atoms with E-state index in [4.69, 9.17) is 4.74 Å². The van der Waals surface area contributed by atoms with Gasteiger partial charge in [-0.15, -0.1) is 0 Å². The van der Waals surface area contributed by atoms with Crippen molar-refractivity contribution in [3.05, 3.63) is 0 Å². The van der Waals surface area contributed by atoms with E-state index in [0.29, 0.717) is 0 Å². The van der Waals surface area contributed by atoms with Crippen LogP contribution in [-0.2, 0) is 4.74 Å². The maximum Gasteiger partial charge on any atom is 0.0666 e. The summed E-state index contributed by atoms with van der Waals surface area (Å²) in [6.07, 6.45) is 6.18. The topological polar surface area (TPSA) is 9.23 Å². The van der Waals surface area contributed by atoms with Gasteiger partial charge in [0, 0.05) is 0 Å². The lowest BCUT2D eigenvalue weighted by molar-refractivity contribution is -0.163. The van der Waals surface area contributed by atoms with Gasteiger partial charge in [0.15, 0.2) is 0 Å². The Hall–Kier alpha value is -0.0400. The molecule has 0 N–H and O–H groups in total. The van der Waals surface area contributed by atoms with Gasteiger partial charge >= 0.3 is 0 Å². The average molecular weight is 226 g/mol. The van der Waals surface area contributed by atoms with Crippen molar-refractivity contribution >= 4 is 0 Å². The summed E-state index contributed by atoms with van der Waals surface area (Å²) < 4.78 is 6.45. The first kappa shape index (κ1) is 14.0. The first-order valence-corrected chi connectivity index (χ1v) is 6.96. The van der Waals surface area contributed by atoms with Crippen molar-refractivity contribution in [2.75, 3.05) is 0 Å². The minimum Gasteiger partial charge on any atom is -0.369 e. The molecule has 0 aromatic rings. The van der Waals surface area contributed by atoms with Crippen LogP contribution in [0, 0.1) is 11.8 Å². The fourth-order valence-electron chi connectivity index (χ4n) is 3.81. The second-order valence-electron chi connectivity index (χ2n) is 6.92. The lowest BCUT2D eigenvalue weighted by Crippen LogP contribution is -2.44. The summed E-state index contributed by atoms with van der Waals surface area (Å²) in [6, 6.07) is 0. The zero-order chi connectivity index (χ0) is 12.4. The summed E-state index contributed by atoms with van der Waals surface area (Å²) >= 11 is 0. The minimum absolute atomic E-state index is 0.0419. The fraction of sp³-hybridized carbons (Fsp3) is 1.00. The van der Waals surface area contributed by atoms with Crippen LogP contribution in [0.25, 0.3) is 0 Å². The summed E-state index contributed by atoms with van der Waals surface area (Å²) in [6.45, 7) is 13.8. The molecule has 0 heterocycles. The molecule has 0 radical (unpaired) electrons. The summed E-state index contributed by atoms with van der Waals surface area (Å²) in [5, 5.41) is 0. The molecule has 16 heavy (non-hydrogen) atoms. The zero-order valence-electron chi connectivity index (χ0n) is 12.1. The van der Waals surface area contributed by atoms with Gasteiger partial charge in [-0.05, 0) is 58.3 Å². The van der Waals surface area contributed by atoms with E-state index in [1.54, 1.807) is 0 Å². The summed E-state index contributed by atoms with van der Waals surface area (Å²) in [4.78, 5) is 0. The highest BCUT2D eigenvalue weighted by atomic mass is 16.5. The third-order valence-electron chi connectivity index (χ3n) is 3.74. The van der Waals surface area contributed by atoms with Crippen LogP contribution in [0.2, 0.25) is 0 Å². The Bertz CT molecular complexity index is 209. The molecule has 0 aromatic heterocycles. The molecule has 0 saturated heterocycles. The second kappa shape index (κ2) is 5.08. The quantitative estimate of drug-likeness (QED) is 0.669. The third-order valence-corrected chi connectivity index (χ3v) is 3.74. The lowest BCUT2D eigenvalue weighted by Gasteiger charge is -2.45. The van der Waals surface area contributed by atoms with E-state index in [2.05, 4.69) is 41.5 Å².